The Morgan fingerprint density at radius 1 is 0.964 bits per heavy atom. The second kappa shape index (κ2) is 6.63. The molecule has 1 atom stereocenters. The highest BCUT2D eigenvalue weighted by Gasteiger charge is 2.38. The van der Waals surface area contributed by atoms with Crippen LogP contribution in [0.25, 0.3) is 5.69 Å². The third-order valence-electron chi connectivity index (χ3n) is 5.45. The van der Waals surface area contributed by atoms with Crippen LogP contribution in [0.4, 0.5) is 5.82 Å². The van der Waals surface area contributed by atoms with Gasteiger partial charge in [-0.2, -0.15) is 0 Å². The summed E-state index contributed by atoms with van der Waals surface area (Å²) in [4.78, 5) is 26.2. The van der Waals surface area contributed by atoms with Gasteiger partial charge < -0.3 is 5.32 Å². The number of anilines is 1. The van der Waals surface area contributed by atoms with Gasteiger partial charge in [0.25, 0.3) is 5.56 Å². The molecule has 0 spiro atoms. The molecule has 28 heavy (non-hydrogen) atoms. The van der Waals surface area contributed by atoms with Gasteiger partial charge in [0.2, 0.25) is 0 Å². The highest BCUT2D eigenvalue weighted by atomic mass is 79.9. The molecule has 1 aromatic heterocycles. The maximum atomic E-state index is 13.4. The Labute approximate surface area is 170 Å². The average Bonchev–Trinajstić information content (AvgIpc) is 3.04. The summed E-state index contributed by atoms with van der Waals surface area (Å²) in [6.45, 7) is 0. The standard InChI is InChI=1S/C22H18BrN3O2/c23-14-11-9-13(10-12-14)18-19-16(7-4-8-17(19)27)24-21-20(18)22(28)26(25-21)15-5-2-1-3-6-15/h1-3,5-6,9-12,18,24-25H,4,7-8H2/t18-/m0/s1. The highest BCUT2D eigenvalue weighted by molar-refractivity contribution is 9.10. The number of rotatable bonds is 2. The van der Waals surface area contributed by atoms with Gasteiger partial charge in [-0.25, -0.2) is 4.68 Å². The van der Waals surface area contributed by atoms with Crippen molar-refractivity contribution in [1.29, 1.82) is 0 Å². The Morgan fingerprint density at radius 3 is 2.46 bits per heavy atom. The zero-order valence-corrected chi connectivity index (χ0v) is 16.6. The minimum Gasteiger partial charge on any atom is -0.343 e. The molecule has 0 saturated carbocycles. The van der Waals surface area contributed by atoms with Crippen LogP contribution in [0.15, 0.2) is 75.1 Å². The zero-order valence-electron chi connectivity index (χ0n) is 15.0. The van der Waals surface area contributed by atoms with Crippen LogP contribution in [0, 0.1) is 0 Å². The molecular weight excluding hydrogens is 418 g/mol. The van der Waals surface area contributed by atoms with E-state index < -0.39 is 0 Å². The summed E-state index contributed by atoms with van der Waals surface area (Å²) in [6.07, 6.45) is 2.17. The first-order valence-electron chi connectivity index (χ1n) is 9.32. The molecule has 0 radical (unpaired) electrons. The molecule has 0 amide bonds. The minimum atomic E-state index is -0.360. The molecule has 2 heterocycles. The molecule has 2 aromatic carbocycles. The second-order valence-electron chi connectivity index (χ2n) is 7.16. The number of aromatic nitrogens is 2. The molecule has 1 aliphatic carbocycles. The lowest BCUT2D eigenvalue weighted by atomic mass is 9.77. The summed E-state index contributed by atoms with van der Waals surface area (Å²) in [6, 6.07) is 17.3. The van der Waals surface area contributed by atoms with Gasteiger partial charge in [-0.3, -0.25) is 14.7 Å². The molecule has 2 N–H and O–H groups in total. The Morgan fingerprint density at radius 2 is 1.71 bits per heavy atom. The average molecular weight is 436 g/mol. The van der Waals surface area contributed by atoms with Crippen molar-refractivity contribution in [3.8, 4) is 5.69 Å². The van der Waals surface area contributed by atoms with Gasteiger partial charge >= 0.3 is 0 Å². The number of nitrogens with zero attached hydrogens (tertiary/aromatic N) is 1. The number of carbonyl (C=O) groups excluding carboxylic acids is 1. The number of hydrogen-bond donors (Lipinski definition) is 2. The molecule has 0 unspecified atom stereocenters. The molecule has 0 fully saturated rings. The lowest BCUT2D eigenvalue weighted by molar-refractivity contribution is -0.116. The van der Waals surface area contributed by atoms with Crippen LogP contribution < -0.4 is 10.9 Å². The molecule has 1 aliphatic heterocycles. The van der Waals surface area contributed by atoms with E-state index in [1.54, 1.807) is 4.68 Å². The van der Waals surface area contributed by atoms with E-state index in [1.165, 1.54) is 0 Å². The lowest BCUT2D eigenvalue weighted by Crippen LogP contribution is -2.29. The summed E-state index contributed by atoms with van der Waals surface area (Å²) >= 11 is 3.47. The van der Waals surface area contributed by atoms with Gasteiger partial charge in [0.15, 0.2) is 5.78 Å². The molecule has 3 aromatic rings. The number of hydrogen-bond acceptors (Lipinski definition) is 3. The third kappa shape index (κ3) is 2.67. The quantitative estimate of drug-likeness (QED) is 0.622. The molecule has 5 rings (SSSR count). The SMILES string of the molecule is O=C1CCCC2=C1[C@H](c1ccc(Br)cc1)c1c([nH]n(-c3ccccc3)c1=O)N2. The zero-order chi connectivity index (χ0) is 19.3. The van der Waals surface area contributed by atoms with Crippen molar-refractivity contribution in [3.63, 3.8) is 0 Å². The molecule has 140 valence electrons. The number of Topliss-reactive ketones (excluding diaryl/α,β-unsaturated/α-hetero) is 1. The number of H-pyrrole nitrogens is 1. The maximum absolute atomic E-state index is 13.4. The van der Waals surface area contributed by atoms with Crippen LogP contribution in [0.2, 0.25) is 0 Å². The lowest BCUT2D eigenvalue weighted by Gasteiger charge is -2.31. The Hall–Kier alpha value is -2.86. The van der Waals surface area contributed by atoms with Gasteiger partial charge in [-0.15, -0.1) is 0 Å². The van der Waals surface area contributed by atoms with E-state index in [0.29, 0.717) is 17.8 Å². The van der Waals surface area contributed by atoms with Crippen LogP contribution in [0.3, 0.4) is 0 Å². The first kappa shape index (κ1) is 17.3. The van der Waals surface area contributed by atoms with Crippen LogP contribution in [0.5, 0.6) is 0 Å². The topological polar surface area (TPSA) is 66.9 Å². The van der Waals surface area contributed by atoms with Gasteiger partial charge in [0.05, 0.1) is 11.3 Å². The van der Waals surface area contributed by atoms with Crippen molar-refractivity contribution in [2.45, 2.75) is 25.2 Å². The van der Waals surface area contributed by atoms with Crippen molar-refractivity contribution >= 4 is 27.5 Å². The number of halogens is 1. The van der Waals surface area contributed by atoms with Crippen molar-refractivity contribution in [2.24, 2.45) is 0 Å². The van der Waals surface area contributed by atoms with E-state index in [4.69, 9.17) is 0 Å². The third-order valence-corrected chi connectivity index (χ3v) is 5.98. The van der Waals surface area contributed by atoms with Gasteiger partial charge in [0.1, 0.15) is 5.82 Å². The number of nitrogens with one attached hydrogen (secondary N) is 2. The monoisotopic (exact) mass is 435 g/mol. The number of carbonyl (C=O) groups is 1. The van der Waals surface area contributed by atoms with E-state index in [1.807, 2.05) is 54.6 Å². The first-order chi connectivity index (χ1) is 13.6. The number of para-hydroxylation sites is 1. The van der Waals surface area contributed by atoms with Crippen LogP contribution in [0.1, 0.15) is 36.3 Å². The summed E-state index contributed by atoms with van der Waals surface area (Å²) in [5.74, 6) is 0.440. The van der Waals surface area contributed by atoms with E-state index in [0.717, 1.165) is 39.8 Å². The molecule has 0 bridgehead atoms. The maximum Gasteiger partial charge on any atom is 0.277 e. The smallest absolute Gasteiger partial charge is 0.277 e. The fourth-order valence-corrected chi connectivity index (χ4v) is 4.45. The summed E-state index contributed by atoms with van der Waals surface area (Å²) in [7, 11) is 0. The molecule has 0 saturated heterocycles. The summed E-state index contributed by atoms with van der Waals surface area (Å²) in [5, 5.41) is 6.56. The van der Waals surface area contributed by atoms with Gasteiger partial charge in [-0.05, 0) is 42.7 Å². The van der Waals surface area contributed by atoms with E-state index in [-0.39, 0.29) is 17.3 Å². The molecule has 2 aliphatic rings. The van der Waals surface area contributed by atoms with E-state index in [9.17, 15) is 9.59 Å². The van der Waals surface area contributed by atoms with Crippen LogP contribution in [-0.4, -0.2) is 15.6 Å². The normalized spacial score (nSPS) is 18.5. The van der Waals surface area contributed by atoms with Crippen molar-refractivity contribution in [1.82, 2.24) is 9.78 Å². The number of aromatic amines is 1. The predicted molar refractivity (Wildman–Crippen MR) is 112 cm³/mol. The van der Waals surface area contributed by atoms with Gasteiger partial charge in [0, 0.05) is 28.1 Å². The van der Waals surface area contributed by atoms with E-state index >= 15 is 0 Å². The molecule has 5 nitrogen and oxygen atoms in total. The number of allylic oxidation sites excluding steroid dienone is 2. The minimum absolute atomic E-state index is 0.124. The van der Waals surface area contributed by atoms with Gasteiger partial charge in [-0.1, -0.05) is 46.3 Å². The number of fused-ring (bicyclic) bond motifs is 1. The fraction of sp³-hybridized carbons (Fsp3) is 0.182. The van der Waals surface area contributed by atoms with Crippen LogP contribution in [-0.2, 0) is 4.79 Å². The second-order valence-corrected chi connectivity index (χ2v) is 8.07. The first-order valence-corrected chi connectivity index (χ1v) is 10.1. The highest BCUT2D eigenvalue weighted by Crippen LogP contribution is 2.43. The van der Waals surface area contributed by atoms with Crippen LogP contribution >= 0.6 is 15.9 Å². The van der Waals surface area contributed by atoms with E-state index in [2.05, 4.69) is 26.3 Å². The Bertz CT molecular complexity index is 1160. The largest absolute Gasteiger partial charge is 0.343 e. The van der Waals surface area contributed by atoms with Crippen molar-refractivity contribution in [2.75, 3.05) is 5.32 Å². The Kier molecular flexibility index (Phi) is 4.09. The summed E-state index contributed by atoms with van der Waals surface area (Å²) < 4.78 is 2.51. The van der Waals surface area contributed by atoms with Crippen molar-refractivity contribution < 1.29 is 4.79 Å². The number of ketones is 1. The fourth-order valence-electron chi connectivity index (χ4n) is 4.18. The molecule has 6 heteroatoms. The number of benzene rings is 2. The van der Waals surface area contributed by atoms with Crippen molar-refractivity contribution in [3.05, 3.63) is 91.8 Å². The summed E-state index contributed by atoms with van der Waals surface area (Å²) in [5.41, 5.74) is 3.84. The Balaban J connectivity index is 1.75. The molecular formula is C22H18BrN3O2. The predicted octanol–water partition coefficient (Wildman–Crippen LogP) is 4.49.